The van der Waals surface area contributed by atoms with Crippen molar-refractivity contribution in [3.05, 3.63) is 91.7 Å². The van der Waals surface area contributed by atoms with Crippen molar-refractivity contribution < 1.29 is 23.1 Å². The Kier molecular flexibility index (Phi) is 9.21. The highest BCUT2D eigenvalue weighted by molar-refractivity contribution is 6.31. The summed E-state index contributed by atoms with van der Waals surface area (Å²) in [5, 5.41) is 8.98. The Balaban J connectivity index is 1.31. The van der Waals surface area contributed by atoms with E-state index >= 15 is 0 Å². The Morgan fingerprint density at radius 1 is 1.22 bits per heavy atom. The molecule has 234 valence electrons. The minimum atomic E-state index is -0.477. The van der Waals surface area contributed by atoms with Gasteiger partial charge in [0, 0.05) is 53.0 Å². The highest BCUT2D eigenvalue weighted by Gasteiger charge is 2.21. The van der Waals surface area contributed by atoms with E-state index in [4.69, 9.17) is 25.5 Å². The summed E-state index contributed by atoms with van der Waals surface area (Å²) in [6.07, 6.45) is 10.7. The molecular formula is C35H35ClFN3O5. The Morgan fingerprint density at radius 2 is 2.09 bits per heavy atom. The highest BCUT2D eigenvalue weighted by atomic mass is 35.5. The van der Waals surface area contributed by atoms with E-state index in [-0.39, 0.29) is 35.3 Å². The molecule has 6 rings (SSSR count). The first kappa shape index (κ1) is 30.8. The number of nitrogens with one attached hydrogen (secondary N) is 2. The molecule has 0 saturated carbocycles. The van der Waals surface area contributed by atoms with Crippen molar-refractivity contribution in [2.24, 2.45) is 0 Å². The fourth-order valence-electron chi connectivity index (χ4n) is 5.72. The van der Waals surface area contributed by atoms with Crippen LogP contribution in [0.1, 0.15) is 38.2 Å². The van der Waals surface area contributed by atoms with Crippen LogP contribution in [0.4, 0.5) is 15.8 Å². The molecule has 2 aromatic carbocycles. The zero-order valence-electron chi connectivity index (χ0n) is 25.2. The van der Waals surface area contributed by atoms with E-state index in [0.717, 1.165) is 46.8 Å². The van der Waals surface area contributed by atoms with Crippen LogP contribution in [-0.4, -0.2) is 49.8 Å². The third-order valence-electron chi connectivity index (χ3n) is 8.34. The van der Waals surface area contributed by atoms with E-state index in [2.05, 4.69) is 22.5 Å². The van der Waals surface area contributed by atoms with E-state index < -0.39 is 5.63 Å². The standard InChI is InChI=1S/C35H35ClFN3O5/c1-3-40(2)24-9-10-26-22(16-35(42)45-32(26)18-24)7-12-34(41)39-31-19-27-21(15-33(31)44-25-13-14-43-20-25)5-4-6-30(27)38-23-8-11-29(37)28(36)17-23/h4-7,10,12,15-19,24-25,38H,3,8-9,11,13-14,20H2,1-2H3,(H,39,41)/b12-7+. The first-order valence-corrected chi connectivity index (χ1v) is 15.5. The molecule has 3 aliphatic rings. The first-order chi connectivity index (χ1) is 21.8. The summed E-state index contributed by atoms with van der Waals surface area (Å²) < 4.78 is 31.1. The smallest absolute Gasteiger partial charge is 0.336 e. The maximum absolute atomic E-state index is 13.8. The van der Waals surface area contributed by atoms with Crippen molar-refractivity contribution >= 4 is 57.9 Å². The summed E-state index contributed by atoms with van der Waals surface area (Å²) in [6, 6.07) is 11.1. The van der Waals surface area contributed by atoms with Crippen LogP contribution >= 0.6 is 11.6 Å². The van der Waals surface area contributed by atoms with Gasteiger partial charge in [-0.05, 0) is 73.8 Å². The summed E-state index contributed by atoms with van der Waals surface area (Å²) in [5.41, 5.74) is 2.71. The van der Waals surface area contributed by atoms with Crippen LogP contribution in [0.5, 0.6) is 5.75 Å². The molecule has 8 nitrogen and oxygen atoms in total. The molecule has 45 heavy (non-hydrogen) atoms. The summed E-state index contributed by atoms with van der Waals surface area (Å²) in [4.78, 5) is 27.9. The van der Waals surface area contributed by atoms with Crippen LogP contribution < -0.4 is 31.6 Å². The normalized spacial score (nSPS) is 19.7. The van der Waals surface area contributed by atoms with Crippen LogP contribution in [-0.2, 0) is 9.53 Å². The molecule has 3 aromatic rings. The minimum absolute atomic E-state index is 0.0965. The SMILES string of the molecule is CCN(C)C1C=c2oc(=O)cc(/C=C/C(=O)Nc3cc4c(NC5=CC(Cl)=C(F)CC5)cccc4cc3OC3CCOC3)c2=CC1. The summed E-state index contributed by atoms with van der Waals surface area (Å²) >= 11 is 6.06. The average molecular weight is 632 g/mol. The molecule has 1 fully saturated rings. The molecule has 2 atom stereocenters. The number of ether oxygens (including phenoxy) is 2. The molecule has 0 radical (unpaired) electrons. The van der Waals surface area contributed by atoms with E-state index in [1.54, 1.807) is 12.2 Å². The Bertz CT molecular complexity index is 1910. The van der Waals surface area contributed by atoms with Crippen molar-refractivity contribution in [3.63, 3.8) is 0 Å². The third-order valence-corrected chi connectivity index (χ3v) is 8.65. The van der Waals surface area contributed by atoms with Gasteiger partial charge in [-0.2, -0.15) is 0 Å². The van der Waals surface area contributed by atoms with Crippen LogP contribution in [0.15, 0.2) is 74.3 Å². The van der Waals surface area contributed by atoms with E-state index in [9.17, 15) is 14.0 Å². The predicted molar refractivity (Wildman–Crippen MR) is 176 cm³/mol. The number of anilines is 2. The van der Waals surface area contributed by atoms with Gasteiger partial charge >= 0.3 is 5.63 Å². The monoisotopic (exact) mass is 631 g/mol. The largest absolute Gasteiger partial charge is 0.486 e. The topological polar surface area (TPSA) is 93.0 Å². The highest BCUT2D eigenvalue weighted by Crippen LogP contribution is 2.37. The van der Waals surface area contributed by atoms with E-state index in [1.807, 2.05) is 49.5 Å². The number of rotatable bonds is 9. The number of carbonyl (C=O) groups is 1. The van der Waals surface area contributed by atoms with Crippen molar-refractivity contribution in [2.45, 2.75) is 44.8 Å². The minimum Gasteiger partial charge on any atom is -0.486 e. The first-order valence-electron chi connectivity index (χ1n) is 15.2. The van der Waals surface area contributed by atoms with Gasteiger partial charge in [-0.3, -0.25) is 9.69 Å². The molecule has 2 N–H and O–H groups in total. The molecule has 1 aliphatic heterocycles. The molecule has 1 saturated heterocycles. The van der Waals surface area contributed by atoms with Gasteiger partial charge in [-0.25, -0.2) is 9.18 Å². The lowest BCUT2D eigenvalue weighted by Gasteiger charge is -2.24. The van der Waals surface area contributed by atoms with Gasteiger partial charge in [-0.15, -0.1) is 0 Å². The number of halogens is 2. The number of benzene rings is 2. The second-order valence-corrected chi connectivity index (χ2v) is 11.8. The van der Waals surface area contributed by atoms with Gasteiger partial charge in [0.15, 0.2) is 0 Å². The Hall–Kier alpha value is -4.18. The maximum Gasteiger partial charge on any atom is 0.336 e. The van der Waals surface area contributed by atoms with E-state index in [0.29, 0.717) is 42.1 Å². The number of carbonyl (C=O) groups excluding carboxylic acids is 1. The number of hydrogen-bond acceptors (Lipinski definition) is 7. The molecule has 10 heteroatoms. The number of allylic oxidation sites excluding steroid dienone is 4. The number of amides is 1. The lowest BCUT2D eigenvalue weighted by Crippen LogP contribution is -2.40. The summed E-state index contributed by atoms with van der Waals surface area (Å²) in [7, 11) is 2.02. The average Bonchev–Trinajstić information content (AvgIpc) is 3.54. The van der Waals surface area contributed by atoms with Gasteiger partial charge in [0.05, 0.1) is 23.9 Å². The van der Waals surface area contributed by atoms with E-state index in [1.165, 1.54) is 12.1 Å². The molecule has 1 amide bonds. The van der Waals surface area contributed by atoms with Crippen LogP contribution in [0, 0.1) is 0 Å². The molecule has 0 spiro atoms. The van der Waals surface area contributed by atoms with Crippen LogP contribution in [0.2, 0.25) is 0 Å². The quantitative estimate of drug-likeness (QED) is 0.305. The second-order valence-electron chi connectivity index (χ2n) is 11.4. The van der Waals surface area contributed by atoms with Gasteiger partial charge in [0.2, 0.25) is 5.91 Å². The van der Waals surface area contributed by atoms with Crippen molar-refractivity contribution in [1.82, 2.24) is 4.90 Å². The van der Waals surface area contributed by atoms with Crippen LogP contribution in [0.25, 0.3) is 29.0 Å². The van der Waals surface area contributed by atoms with Crippen molar-refractivity contribution in [1.29, 1.82) is 0 Å². The molecule has 0 bridgehead atoms. The maximum atomic E-state index is 13.8. The van der Waals surface area contributed by atoms with Gasteiger partial charge in [0.25, 0.3) is 0 Å². The molecule has 2 unspecified atom stereocenters. The second kappa shape index (κ2) is 13.4. The van der Waals surface area contributed by atoms with Crippen LogP contribution in [0.3, 0.4) is 0 Å². The lowest BCUT2D eigenvalue weighted by molar-refractivity contribution is -0.111. The van der Waals surface area contributed by atoms with Crippen molar-refractivity contribution in [3.8, 4) is 5.75 Å². The zero-order chi connectivity index (χ0) is 31.5. The molecule has 2 aliphatic carbocycles. The summed E-state index contributed by atoms with van der Waals surface area (Å²) in [5.74, 6) is -0.189. The van der Waals surface area contributed by atoms with Gasteiger partial charge in [0.1, 0.15) is 23.1 Å². The number of fused-ring (bicyclic) bond motifs is 2. The number of nitrogens with zero attached hydrogens (tertiary/aromatic N) is 1. The fraction of sp³-hybridized carbons (Fsp3) is 0.314. The lowest BCUT2D eigenvalue weighted by atomic mass is 10.0. The molecular weight excluding hydrogens is 597 g/mol. The number of hydrogen-bond donors (Lipinski definition) is 2. The Labute approximate surface area is 265 Å². The van der Waals surface area contributed by atoms with Crippen molar-refractivity contribution in [2.75, 3.05) is 37.4 Å². The Morgan fingerprint density at radius 3 is 2.87 bits per heavy atom. The predicted octanol–water partition coefficient (Wildman–Crippen LogP) is 5.41. The van der Waals surface area contributed by atoms with Gasteiger partial charge in [-0.1, -0.05) is 36.7 Å². The fourth-order valence-corrected chi connectivity index (χ4v) is 5.94. The van der Waals surface area contributed by atoms with Gasteiger partial charge < -0.3 is 24.5 Å². The summed E-state index contributed by atoms with van der Waals surface area (Å²) in [6.45, 7) is 4.02. The zero-order valence-corrected chi connectivity index (χ0v) is 26.0. The molecule has 2 heterocycles. The molecule has 1 aromatic heterocycles. The third kappa shape index (κ3) is 7.06.